The number of ether oxygens (including phenoxy) is 2. The first-order chi connectivity index (χ1) is 11.2. The van der Waals surface area contributed by atoms with E-state index in [-0.39, 0.29) is 0 Å². The molecule has 0 bridgehead atoms. The molecule has 116 valence electrons. The zero-order chi connectivity index (χ0) is 16.0. The van der Waals surface area contributed by atoms with E-state index in [1.807, 2.05) is 61.2 Å². The average Bonchev–Trinajstić information content (AvgIpc) is 2.92. The van der Waals surface area contributed by atoms with Gasteiger partial charge in [0.25, 0.3) is 0 Å². The Morgan fingerprint density at radius 1 is 0.913 bits per heavy atom. The van der Waals surface area contributed by atoms with E-state index >= 15 is 0 Å². The summed E-state index contributed by atoms with van der Waals surface area (Å²) in [7, 11) is 1.67. The predicted molar refractivity (Wildman–Crippen MR) is 89.5 cm³/mol. The number of methoxy groups -OCH3 is 1. The molecule has 0 unspecified atom stereocenters. The minimum Gasteiger partial charge on any atom is -0.495 e. The van der Waals surface area contributed by atoms with Crippen LogP contribution in [-0.2, 0) is 0 Å². The van der Waals surface area contributed by atoms with Crippen molar-refractivity contribution < 1.29 is 13.9 Å². The van der Waals surface area contributed by atoms with E-state index in [2.05, 4.69) is 6.07 Å². The Bertz CT molecular complexity index is 882. The molecule has 1 aromatic heterocycles. The topological polar surface area (TPSA) is 34.8 Å². The van der Waals surface area contributed by atoms with Crippen LogP contribution in [0.4, 0.5) is 17.3 Å². The van der Waals surface area contributed by atoms with E-state index in [1.54, 1.807) is 7.11 Å². The molecule has 0 radical (unpaired) electrons. The number of aryl methyl sites for hydroxylation is 2. The van der Waals surface area contributed by atoms with Crippen molar-refractivity contribution >= 4 is 17.3 Å². The second kappa shape index (κ2) is 5.09. The van der Waals surface area contributed by atoms with Crippen LogP contribution >= 0.6 is 0 Å². The fourth-order valence-electron chi connectivity index (χ4n) is 2.88. The zero-order valence-corrected chi connectivity index (χ0v) is 13.3. The number of nitrogens with zero attached hydrogens (tertiary/aromatic N) is 1. The molecule has 0 amide bonds. The normalized spacial score (nSPS) is 12.4. The van der Waals surface area contributed by atoms with Gasteiger partial charge in [0.2, 0.25) is 5.88 Å². The third-order valence-corrected chi connectivity index (χ3v) is 3.91. The summed E-state index contributed by atoms with van der Waals surface area (Å²) < 4.78 is 17.5. The number of para-hydroxylation sites is 2. The van der Waals surface area contributed by atoms with E-state index < -0.39 is 0 Å². The van der Waals surface area contributed by atoms with Gasteiger partial charge >= 0.3 is 0 Å². The van der Waals surface area contributed by atoms with Crippen molar-refractivity contribution in [3.8, 4) is 17.2 Å². The van der Waals surface area contributed by atoms with Gasteiger partial charge in [-0.1, -0.05) is 18.2 Å². The molecule has 4 rings (SSSR count). The maximum absolute atomic E-state index is 6.03. The molecule has 2 heterocycles. The lowest BCUT2D eigenvalue weighted by Gasteiger charge is -2.30. The van der Waals surface area contributed by atoms with Gasteiger partial charge in [-0.2, -0.15) is 0 Å². The quantitative estimate of drug-likeness (QED) is 0.491. The van der Waals surface area contributed by atoms with Crippen LogP contribution in [0.3, 0.4) is 0 Å². The van der Waals surface area contributed by atoms with Crippen LogP contribution in [0.1, 0.15) is 11.3 Å². The van der Waals surface area contributed by atoms with E-state index in [9.17, 15) is 0 Å². The molecule has 23 heavy (non-hydrogen) atoms. The number of hydrogen-bond acceptors (Lipinski definition) is 4. The molecule has 0 fully saturated rings. The Kier molecular flexibility index (Phi) is 3.05. The summed E-state index contributed by atoms with van der Waals surface area (Å²) in [5.41, 5.74) is 2.99. The molecule has 2 aromatic carbocycles. The number of furan rings is 1. The number of anilines is 3. The van der Waals surface area contributed by atoms with Crippen LogP contribution in [-0.4, -0.2) is 7.11 Å². The molecule has 4 heteroatoms. The highest BCUT2D eigenvalue weighted by atomic mass is 16.5. The summed E-state index contributed by atoms with van der Waals surface area (Å²) in [6.07, 6.45) is 0. The number of benzene rings is 2. The minimum atomic E-state index is 0.670. The Morgan fingerprint density at radius 3 is 2.57 bits per heavy atom. The molecule has 0 saturated carbocycles. The van der Waals surface area contributed by atoms with Gasteiger partial charge in [-0.05, 0) is 43.7 Å². The molecule has 3 aromatic rings. The zero-order valence-electron chi connectivity index (χ0n) is 13.3. The van der Waals surface area contributed by atoms with Gasteiger partial charge in [0.05, 0.1) is 18.5 Å². The lowest BCUT2D eigenvalue weighted by molar-refractivity contribution is 0.413. The lowest BCUT2D eigenvalue weighted by atomic mass is 10.1. The fourth-order valence-corrected chi connectivity index (χ4v) is 2.88. The summed E-state index contributed by atoms with van der Waals surface area (Å²) in [6, 6.07) is 15.9. The highest BCUT2D eigenvalue weighted by molar-refractivity contribution is 5.86. The Hall–Kier alpha value is -2.88. The van der Waals surface area contributed by atoms with Gasteiger partial charge in [-0.3, -0.25) is 4.90 Å². The molecular formula is C19H17NO3. The summed E-state index contributed by atoms with van der Waals surface area (Å²) in [6.45, 7) is 3.96. The maximum atomic E-state index is 6.03. The fraction of sp³-hybridized carbons (Fsp3) is 0.158. The van der Waals surface area contributed by atoms with Crippen molar-refractivity contribution in [2.24, 2.45) is 0 Å². The van der Waals surface area contributed by atoms with Crippen molar-refractivity contribution in [3.05, 3.63) is 59.9 Å². The molecule has 0 atom stereocenters. The SMILES string of the molecule is COc1ccccc1N1c2ccc(C)cc2Oc2cc(C)oc21. The van der Waals surface area contributed by atoms with Gasteiger partial charge in [0.1, 0.15) is 11.5 Å². The van der Waals surface area contributed by atoms with Crippen LogP contribution in [0.15, 0.2) is 52.9 Å². The first kappa shape index (κ1) is 13.8. The van der Waals surface area contributed by atoms with E-state index in [4.69, 9.17) is 13.9 Å². The molecule has 0 N–H and O–H groups in total. The van der Waals surface area contributed by atoms with Gasteiger partial charge in [0, 0.05) is 6.07 Å². The van der Waals surface area contributed by atoms with Crippen LogP contribution < -0.4 is 14.4 Å². The van der Waals surface area contributed by atoms with Gasteiger partial charge in [-0.15, -0.1) is 0 Å². The highest BCUT2D eigenvalue weighted by Crippen LogP contribution is 2.53. The monoisotopic (exact) mass is 307 g/mol. The average molecular weight is 307 g/mol. The van der Waals surface area contributed by atoms with Crippen molar-refractivity contribution in [3.63, 3.8) is 0 Å². The molecule has 0 spiro atoms. The van der Waals surface area contributed by atoms with Crippen molar-refractivity contribution in [1.29, 1.82) is 0 Å². The Morgan fingerprint density at radius 2 is 1.74 bits per heavy atom. The number of rotatable bonds is 2. The largest absolute Gasteiger partial charge is 0.495 e. The molecular weight excluding hydrogens is 290 g/mol. The summed E-state index contributed by atoms with van der Waals surface area (Å²) >= 11 is 0. The van der Waals surface area contributed by atoms with Gasteiger partial charge in [-0.25, -0.2) is 0 Å². The second-order valence-electron chi connectivity index (χ2n) is 5.61. The lowest BCUT2D eigenvalue weighted by Crippen LogP contribution is -2.15. The van der Waals surface area contributed by atoms with Crippen molar-refractivity contribution in [2.45, 2.75) is 13.8 Å². The standard InChI is InChI=1S/C19H17NO3/c1-12-8-9-15-17(10-12)23-18-11-13(2)22-19(18)20(15)14-6-4-5-7-16(14)21-3/h4-11H,1-3H3. The van der Waals surface area contributed by atoms with Crippen molar-refractivity contribution in [1.82, 2.24) is 0 Å². The van der Waals surface area contributed by atoms with Crippen LogP contribution in [0.2, 0.25) is 0 Å². The third kappa shape index (κ3) is 2.14. The Balaban J connectivity index is 1.98. The molecule has 0 aliphatic carbocycles. The first-order valence-corrected chi connectivity index (χ1v) is 7.49. The first-order valence-electron chi connectivity index (χ1n) is 7.49. The van der Waals surface area contributed by atoms with Crippen LogP contribution in [0, 0.1) is 13.8 Å². The number of hydrogen-bond donors (Lipinski definition) is 0. The predicted octanol–water partition coefficient (Wildman–Crippen LogP) is 5.48. The molecule has 0 saturated heterocycles. The maximum Gasteiger partial charge on any atom is 0.248 e. The molecule has 1 aliphatic heterocycles. The summed E-state index contributed by atoms with van der Waals surface area (Å²) in [4.78, 5) is 2.04. The smallest absolute Gasteiger partial charge is 0.248 e. The van der Waals surface area contributed by atoms with E-state index in [0.29, 0.717) is 11.6 Å². The Labute approximate surface area is 134 Å². The van der Waals surface area contributed by atoms with E-state index in [0.717, 1.165) is 34.2 Å². The van der Waals surface area contributed by atoms with Crippen molar-refractivity contribution in [2.75, 3.05) is 12.0 Å². The second-order valence-corrected chi connectivity index (χ2v) is 5.61. The van der Waals surface area contributed by atoms with Crippen LogP contribution in [0.25, 0.3) is 0 Å². The van der Waals surface area contributed by atoms with Crippen LogP contribution in [0.5, 0.6) is 17.2 Å². The third-order valence-electron chi connectivity index (χ3n) is 3.91. The van der Waals surface area contributed by atoms with E-state index in [1.165, 1.54) is 0 Å². The van der Waals surface area contributed by atoms with Gasteiger partial charge in [0.15, 0.2) is 11.5 Å². The number of fused-ring (bicyclic) bond motifs is 2. The summed E-state index contributed by atoms with van der Waals surface area (Å²) in [5.74, 6) is 3.78. The highest BCUT2D eigenvalue weighted by Gasteiger charge is 2.31. The minimum absolute atomic E-state index is 0.670. The molecule has 1 aliphatic rings. The molecule has 4 nitrogen and oxygen atoms in total. The van der Waals surface area contributed by atoms with Gasteiger partial charge < -0.3 is 13.9 Å². The summed E-state index contributed by atoms with van der Waals surface area (Å²) in [5, 5.41) is 0.